The summed E-state index contributed by atoms with van der Waals surface area (Å²) in [6, 6.07) is 6.90. The van der Waals surface area contributed by atoms with E-state index in [9.17, 15) is 9.59 Å². The molecule has 0 atom stereocenters. The van der Waals surface area contributed by atoms with Crippen molar-refractivity contribution < 1.29 is 4.79 Å². The molecule has 0 fully saturated rings. The fourth-order valence-corrected chi connectivity index (χ4v) is 2.19. The number of nitrogen functional groups attached to an aromatic ring is 1. The lowest BCUT2D eigenvalue weighted by molar-refractivity contribution is 0.102. The van der Waals surface area contributed by atoms with Gasteiger partial charge >= 0.3 is 0 Å². The highest BCUT2D eigenvalue weighted by Crippen LogP contribution is 2.21. The molecular weight excluding hydrogens is 282 g/mol. The third kappa shape index (κ3) is 2.28. The third-order valence-corrected chi connectivity index (χ3v) is 3.31. The van der Waals surface area contributed by atoms with E-state index in [1.54, 1.807) is 37.5 Å². The second kappa shape index (κ2) is 5.28. The van der Waals surface area contributed by atoms with Gasteiger partial charge in [-0.05, 0) is 18.2 Å². The van der Waals surface area contributed by atoms with E-state index in [-0.39, 0.29) is 17.1 Å². The minimum atomic E-state index is -0.473. The minimum Gasteiger partial charge on any atom is -0.382 e. The van der Waals surface area contributed by atoms with Crippen LogP contribution in [-0.2, 0) is 7.05 Å². The van der Waals surface area contributed by atoms with Crippen molar-refractivity contribution in [1.29, 1.82) is 0 Å². The number of nitrogens with one attached hydrogen (secondary N) is 1. The summed E-state index contributed by atoms with van der Waals surface area (Å²) in [7, 11) is 1.67. The van der Waals surface area contributed by atoms with E-state index >= 15 is 0 Å². The van der Waals surface area contributed by atoms with Crippen molar-refractivity contribution in [3.8, 4) is 0 Å². The topological polar surface area (TPSA) is 103 Å². The summed E-state index contributed by atoms with van der Waals surface area (Å²) in [5.74, 6) is -0.421. The molecule has 110 valence electrons. The first-order chi connectivity index (χ1) is 10.6. The summed E-state index contributed by atoms with van der Waals surface area (Å²) in [5.41, 5.74) is 6.08. The molecule has 0 unspecified atom stereocenters. The lowest BCUT2D eigenvalue weighted by atomic mass is 10.1. The number of hydrogen-bond acceptors (Lipinski definition) is 5. The normalized spacial score (nSPS) is 10.6. The average Bonchev–Trinajstić information content (AvgIpc) is 2.52. The number of fused-ring (bicyclic) bond motifs is 1. The summed E-state index contributed by atoms with van der Waals surface area (Å²) in [6.07, 6.45) is 4.45. The molecular formula is C15H13N5O2. The van der Waals surface area contributed by atoms with Crippen molar-refractivity contribution in [3.63, 3.8) is 0 Å². The molecule has 0 spiro atoms. The molecule has 0 saturated carbocycles. The fourth-order valence-electron chi connectivity index (χ4n) is 2.19. The molecule has 0 bridgehead atoms. The van der Waals surface area contributed by atoms with E-state index in [4.69, 9.17) is 5.73 Å². The largest absolute Gasteiger partial charge is 0.382 e. The quantitative estimate of drug-likeness (QED) is 0.738. The Morgan fingerprint density at radius 2 is 1.95 bits per heavy atom. The Balaban J connectivity index is 2.05. The van der Waals surface area contributed by atoms with Gasteiger partial charge in [0, 0.05) is 42.1 Å². The highest BCUT2D eigenvalue weighted by atomic mass is 16.2. The van der Waals surface area contributed by atoms with Crippen molar-refractivity contribution in [3.05, 3.63) is 58.9 Å². The molecule has 1 aromatic carbocycles. The van der Waals surface area contributed by atoms with Crippen molar-refractivity contribution in [2.45, 2.75) is 0 Å². The fraction of sp³-hybridized carbons (Fsp3) is 0.0667. The van der Waals surface area contributed by atoms with E-state index in [1.807, 2.05) is 0 Å². The molecule has 7 heteroatoms. The summed E-state index contributed by atoms with van der Waals surface area (Å²) in [4.78, 5) is 32.1. The Morgan fingerprint density at radius 3 is 2.73 bits per heavy atom. The van der Waals surface area contributed by atoms with Gasteiger partial charge < -0.3 is 15.6 Å². The SMILES string of the molecule is Cn1ccc2c(NC(=O)c3nccnc3N)cccc2c1=O. The first-order valence-electron chi connectivity index (χ1n) is 6.54. The molecule has 0 aliphatic carbocycles. The second-order valence-electron chi connectivity index (χ2n) is 4.74. The number of amides is 1. The molecule has 0 aliphatic rings. The third-order valence-electron chi connectivity index (χ3n) is 3.31. The zero-order chi connectivity index (χ0) is 15.7. The number of aromatic nitrogens is 3. The lowest BCUT2D eigenvalue weighted by Crippen LogP contribution is -2.18. The van der Waals surface area contributed by atoms with Crippen LogP contribution in [0.2, 0.25) is 0 Å². The highest BCUT2D eigenvalue weighted by Gasteiger charge is 2.14. The predicted octanol–water partition coefficient (Wildman–Crippen LogP) is 1.16. The van der Waals surface area contributed by atoms with Crippen LogP contribution in [0.1, 0.15) is 10.5 Å². The second-order valence-corrected chi connectivity index (χ2v) is 4.74. The van der Waals surface area contributed by atoms with Crippen LogP contribution in [0.5, 0.6) is 0 Å². The Labute approximate surface area is 125 Å². The van der Waals surface area contributed by atoms with E-state index in [0.717, 1.165) is 0 Å². The lowest BCUT2D eigenvalue weighted by Gasteiger charge is -2.09. The van der Waals surface area contributed by atoms with Crippen LogP contribution >= 0.6 is 0 Å². The van der Waals surface area contributed by atoms with Gasteiger partial charge in [0.05, 0.1) is 0 Å². The first-order valence-corrected chi connectivity index (χ1v) is 6.54. The van der Waals surface area contributed by atoms with E-state index in [0.29, 0.717) is 16.5 Å². The summed E-state index contributed by atoms with van der Waals surface area (Å²) in [5, 5.41) is 3.90. The van der Waals surface area contributed by atoms with Gasteiger partial charge in [-0.1, -0.05) is 6.07 Å². The van der Waals surface area contributed by atoms with Crippen LogP contribution in [0.3, 0.4) is 0 Å². The molecule has 0 saturated heterocycles. The van der Waals surface area contributed by atoms with Gasteiger partial charge in [-0.2, -0.15) is 0 Å². The molecule has 2 aromatic heterocycles. The van der Waals surface area contributed by atoms with E-state index < -0.39 is 5.91 Å². The molecule has 2 heterocycles. The Kier molecular flexibility index (Phi) is 3.30. The molecule has 0 radical (unpaired) electrons. The van der Waals surface area contributed by atoms with Crippen molar-refractivity contribution >= 4 is 28.2 Å². The number of benzene rings is 1. The first kappa shape index (κ1) is 13.7. The molecule has 0 aliphatic heterocycles. The predicted molar refractivity (Wildman–Crippen MR) is 83.6 cm³/mol. The number of pyridine rings is 1. The minimum absolute atomic E-state index is 0.0448. The molecule has 3 aromatic rings. The number of rotatable bonds is 2. The van der Waals surface area contributed by atoms with Gasteiger partial charge in [-0.25, -0.2) is 9.97 Å². The van der Waals surface area contributed by atoms with Crippen LogP contribution in [0.15, 0.2) is 47.7 Å². The standard InChI is InChI=1S/C15H13N5O2/c1-20-8-5-9-10(15(20)22)3-2-4-11(9)19-14(21)12-13(16)18-7-6-17-12/h2-8H,1H3,(H2,16,18)(H,19,21). The van der Waals surface area contributed by atoms with Gasteiger partial charge in [0.25, 0.3) is 11.5 Å². The maximum atomic E-state index is 12.3. The summed E-state index contributed by atoms with van der Waals surface area (Å²) in [6.45, 7) is 0. The van der Waals surface area contributed by atoms with Crippen molar-refractivity contribution in [2.24, 2.45) is 7.05 Å². The van der Waals surface area contributed by atoms with Crippen molar-refractivity contribution in [1.82, 2.24) is 14.5 Å². The molecule has 22 heavy (non-hydrogen) atoms. The molecule has 1 amide bonds. The number of aryl methyl sites for hydroxylation is 1. The van der Waals surface area contributed by atoms with Gasteiger partial charge in [-0.3, -0.25) is 9.59 Å². The van der Waals surface area contributed by atoms with E-state index in [1.165, 1.54) is 17.0 Å². The monoisotopic (exact) mass is 295 g/mol. The number of carbonyl (C=O) groups is 1. The van der Waals surface area contributed by atoms with Gasteiger partial charge in [-0.15, -0.1) is 0 Å². The van der Waals surface area contributed by atoms with E-state index in [2.05, 4.69) is 15.3 Å². The average molecular weight is 295 g/mol. The Bertz CT molecular complexity index is 933. The maximum absolute atomic E-state index is 12.3. The summed E-state index contributed by atoms with van der Waals surface area (Å²) < 4.78 is 1.48. The summed E-state index contributed by atoms with van der Waals surface area (Å²) >= 11 is 0. The number of hydrogen-bond donors (Lipinski definition) is 2. The highest BCUT2D eigenvalue weighted by molar-refractivity contribution is 6.09. The Hall–Kier alpha value is -3.22. The van der Waals surface area contributed by atoms with Crippen LogP contribution in [0.25, 0.3) is 10.8 Å². The van der Waals surface area contributed by atoms with Gasteiger partial charge in [0.2, 0.25) is 0 Å². The molecule has 3 N–H and O–H groups in total. The van der Waals surface area contributed by atoms with Crippen LogP contribution < -0.4 is 16.6 Å². The number of carbonyl (C=O) groups excluding carboxylic acids is 1. The van der Waals surface area contributed by atoms with Gasteiger partial charge in [0.1, 0.15) is 0 Å². The smallest absolute Gasteiger partial charge is 0.278 e. The zero-order valence-corrected chi connectivity index (χ0v) is 11.8. The van der Waals surface area contributed by atoms with Crippen LogP contribution in [0.4, 0.5) is 11.5 Å². The van der Waals surface area contributed by atoms with Crippen molar-refractivity contribution in [2.75, 3.05) is 11.1 Å². The number of nitrogens with two attached hydrogens (primary N) is 1. The number of nitrogens with zero attached hydrogens (tertiary/aromatic N) is 3. The molecule has 3 rings (SSSR count). The van der Waals surface area contributed by atoms with Gasteiger partial charge in [0.15, 0.2) is 11.5 Å². The zero-order valence-electron chi connectivity index (χ0n) is 11.8. The molecule has 7 nitrogen and oxygen atoms in total. The maximum Gasteiger partial charge on any atom is 0.278 e. The van der Waals surface area contributed by atoms with Crippen LogP contribution in [0, 0.1) is 0 Å². The number of anilines is 2. The Morgan fingerprint density at radius 1 is 1.18 bits per heavy atom. The van der Waals surface area contributed by atoms with Crippen LogP contribution in [-0.4, -0.2) is 20.4 Å².